The fraction of sp³-hybridized carbons (Fsp3) is 0.500. The fourth-order valence-electron chi connectivity index (χ4n) is 2.12. The third kappa shape index (κ3) is 3.54. The lowest BCUT2D eigenvalue weighted by molar-refractivity contribution is -0.385. The summed E-state index contributed by atoms with van der Waals surface area (Å²) in [6, 6.07) is 4.82. The van der Waals surface area contributed by atoms with E-state index in [1.54, 1.807) is 26.0 Å². The molecule has 1 aromatic carbocycles. The molecule has 1 aromatic rings. The molecule has 1 unspecified atom stereocenters. The van der Waals surface area contributed by atoms with Crippen LogP contribution < -0.4 is 5.32 Å². The predicted octanol–water partition coefficient (Wildman–Crippen LogP) is 2.64. The van der Waals surface area contributed by atoms with Crippen LogP contribution in [0.1, 0.15) is 37.8 Å². The van der Waals surface area contributed by atoms with Gasteiger partial charge in [-0.15, -0.1) is 0 Å². The van der Waals surface area contributed by atoms with E-state index in [9.17, 15) is 20.0 Å². The summed E-state index contributed by atoms with van der Waals surface area (Å²) in [7, 11) is 0. The van der Waals surface area contributed by atoms with Crippen LogP contribution in [0, 0.1) is 17.0 Å². The van der Waals surface area contributed by atoms with Crippen LogP contribution in [0.4, 0.5) is 5.69 Å². The summed E-state index contributed by atoms with van der Waals surface area (Å²) in [6.45, 7) is 5.51. The summed E-state index contributed by atoms with van der Waals surface area (Å²) in [5, 5.41) is 23.2. The maximum absolute atomic E-state index is 11.3. The van der Waals surface area contributed by atoms with Crippen molar-refractivity contribution in [2.75, 3.05) is 0 Å². The normalized spacial score (nSPS) is 13.8. The van der Waals surface area contributed by atoms with Crippen molar-refractivity contribution >= 4 is 11.7 Å². The molecular formula is C14H20N2O4. The highest BCUT2D eigenvalue weighted by atomic mass is 16.6. The first kappa shape index (κ1) is 16.1. The average Bonchev–Trinajstić information content (AvgIpc) is 2.37. The van der Waals surface area contributed by atoms with Gasteiger partial charge in [-0.3, -0.25) is 20.2 Å². The van der Waals surface area contributed by atoms with E-state index in [0.29, 0.717) is 12.0 Å². The topological polar surface area (TPSA) is 92.5 Å². The molecule has 0 radical (unpaired) electrons. The molecule has 6 heteroatoms. The Hall–Kier alpha value is -1.95. The van der Waals surface area contributed by atoms with E-state index >= 15 is 0 Å². The number of nitrogens with zero attached hydrogens (tertiary/aromatic N) is 1. The van der Waals surface area contributed by atoms with Crippen LogP contribution in [0.5, 0.6) is 0 Å². The van der Waals surface area contributed by atoms with Crippen molar-refractivity contribution in [3.05, 3.63) is 39.4 Å². The van der Waals surface area contributed by atoms with Gasteiger partial charge in [0.25, 0.3) is 5.69 Å². The number of carboxylic acid groups (broad SMARTS) is 1. The Labute approximate surface area is 118 Å². The predicted molar refractivity (Wildman–Crippen MR) is 75.6 cm³/mol. The summed E-state index contributed by atoms with van der Waals surface area (Å²) < 4.78 is 0. The standard InChI is InChI=1S/C14H20N2O4/c1-4-8-14(3,13(17)18)15-9-11-6-5-7-12(10(11)2)16(19)20/h5-7,15H,4,8-9H2,1-3H3,(H,17,18). The van der Waals surface area contributed by atoms with E-state index in [0.717, 1.165) is 12.0 Å². The van der Waals surface area contributed by atoms with Gasteiger partial charge in [0.15, 0.2) is 0 Å². The van der Waals surface area contributed by atoms with E-state index in [1.807, 2.05) is 6.92 Å². The quantitative estimate of drug-likeness (QED) is 0.591. The van der Waals surface area contributed by atoms with Crippen molar-refractivity contribution in [1.82, 2.24) is 5.32 Å². The Morgan fingerprint density at radius 2 is 2.15 bits per heavy atom. The van der Waals surface area contributed by atoms with Gasteiger partial charge in [-0.1, -0.05) is 25.5 Å². The molecule has 0 aliphatic carbocycles. The van der Waals surface area contributed by atoms with Gasteiger partial charge in [0.05, 0.1) is 4.92 Å². The molecule has 20 heavy (non-hydrogen) atoms. The minimum absolute atomic E-state index is 0.0526. The van der Waals surface area contributed by atoms with Crippen LogP contribution in [-0.4, -0.2) is 21.5 Å². The molecule has 0 saturated carbocycles. The lowest BCUT2D eigenvalue weighted by atomic mass is 9.95. The van der Waals surface area contributed by atoms with E-state index in [1.165, 1.54) is 6.07 Å². The van der Waals surface area contributed by atoms with Crippen LogP contribution >= 0.6 is 0 Å². The molecular weight excluding hydrogens is 260 g/mol. The third-order valence-electron chi connectivity index (χ3n) is 3.51. The van der Waals surface area contributed by atoms with Gasteiger partial charge in [-0.05, 0) is 25.8 Å². The van der Waals surface area contributed by atoms with Gasteiger partial charge < -0.3 is 5.11 Å². The van der Waals surface area contributed by atoms with Crippen LogP contribution in [0.25, 0.3) is 0 Å². The first-order valence-corrected chi connectivity index (χ1v) is 6.53. The molecule has 1 atom stereocenters. The highest BCUT2D eigenvalue weighted by Crippen LogP contribution is 2.22. The molecule has 0 aliphatic rings. The first-order valence-electron chi connectivity index (χ1n) is 6.53. The number of hydrogen-bond acceptors (Lipinski definition) is 4. The minimum atomic E-state index is -1.02. The Kier molecular flexibility index (Phi) is 5.21. The van der Waals surface area contributed by atoms with Crippen molar-refractivity contribution in [3.63, 3.8) is 0 Å². The molecule has 6 nitrogen and oxygen atoms in total. The molecule has 110 valence electrons. The van der Waals surface area contributed by atoms with Crippen LogP contribution in [0.3, 0.4) is 0 Å². The van der Waals surface area contributed by atoms with Gasteiger partial charge in [0.1, 0.15) is 5.54 Å². The van der Waals surface area contributed by atoms with Crippen LogP contribution in [0.15, 0.2) is 18.2 Å². The zero-order valence-electron chi connectivity index (χ0n) is 12.0. The Morgan fingerprint density at radius 3 is 2.65 bits per heavy atom. The van der Waals surface area contributed by atoms with E-state index in [-0.39, 0.29) is 12.2 Å². The molecule has 0 amide bonds. The minimum Gasteiger partial charge on any atom is -0.480 e. The summed E-state index contributed by atoms with van der Waals surface area (Å²) in [4.78, 5) is 21.8. The number of carbonyl (C=O) groups is 1. The summed E-state index contributed by atoms with van der Waals surface area (Å²) >= 11 is 0. The second kappa shape index (κ2) is 6.47. The van der Waals surface area contributed by atoms with Gasteiger partial charge in [0.2, 0.25) is 0 Å². The van der Waals surface area contributed by atoms with Gasteiger partial charge in [-0.2, -0.15) is 0 Å². The molecule has 0 aliphatic heterocycles. The molecule has 0 heterocycles. The zero-order chi connectivity index (χ0) is 15.3. The van der Waals surface area contributed by atoms with E-state index < -0.39 is 16.4 Å². The molecule has 0 bridgehead atoms. The molecule has 0 spiro atoms. The van der Waals surface area contributed by atoms with Crippen molar-refractivity contribution < 1.29 is 14.8 Å². The SMILES string of the molecule is CCCC(C)(NCc1cccc([N+](=O)[O-])c1C)C(=O)O. The molecule has 1 rings (SSSR count). The summed E-state index contributed by atoms with van der Waals surface area (Å²) in [6.07, 6.45) is 1.24. The Bertz CT molecular complexity index is 516. The Morgan fingerprint density at radius 1 is 1.50 bits per heavy atom. The monoisotopic (exact) mass is 280 g/mol. The number of carboxylic acids is 1. The van der Waals surface area contributed by atoms with Crippen LogP contribution in [0.2, 0.25) is 0 Å². The highest BCUT2D eigenvalue weighted by molar-refractivity contribution is 5.78. The van der Waals surface area contributed by atoms with Crippen molar-refractivity contribution in [2.45, 2.75) is 45.7 Å². The number of nitrogens with one attached hydrogen (secondary N) is 1. The largest absolute Gasteiger partial charge is 0.480 e. The molecule has 0 saturated heterocycles. The zero-order valence-corrected chi connectivity index (χ0v) is 12.0. The van der Waals surface area contributed by atoms with Crippen molar-refractivity contribution in [3.8, 4) is 0 Å². The second-order valence-electron chi connectivity index (χ2n) is 5.06. The molecule has 0 aromatic heterocycles. The number of hydrogen-bond donors (Lipinski definition) is 2. The maximum Gasteiger partial charge on any atom is 0.323 e. The van der Waals surface area contributed by atoms with E-state index in [2.05, 4.69) is 5.32 Å². The van der Waals surface area contributed by atoms with Gasteiger partial charge in [0, 0.05) is 18.2 Å². The number of nitro benzene ring substituents is 1. The maximum atomic E-state index is 11.3. The second-order valence-corrected chi connectivity index (χ2v) is 5.06. The van der Waals surface area contributed by atoms with Crippen LogP contribution in [-0.2, 0) is 11.3 Å². The average molecular weight is 280 g/mol. The Balaban J connectivity index is 2.92. The summed E-state index contributed by atoms with van der Waals surface area (Å²) in [5.41, 5.74) is 0.333. The van der Waals surface area contributed by atoms with E-state index in [4.69, 9.17) is 0 Å². The van der Waals surface area contributed by atoms with Gasteiger partial charge >= 0.3 is 5.97 Å². The number of benzene rings is 1. The third-order valence-corrected chi connectivity index (χ3v) is 3.51. The smallest absolute Gasteiger partial charge is 0.323 e. The first-order chi connectivity index (χ1) is 9.31. The number of nitro groups is 1. The number of rotatable bonds is 7. The lowest BCUT2D eigenvalue weighted by Crippen LogP contribution is -2.49. The lowest BCUT2D eigenvalue weighted by Gasteiger charge is -2.26. The number of aliphatic carboxylic acids is 1. The van der Waals surface area contributed by atoms with Crippen molar-refractivity contribution in [2.24, 2.45) is 0 Å². The summed E-state index contributed by atoms with van der Waals surface area (Å²) in [5.74, 6) is -0.914. The molecule has 0 fully saturated rings. The molecule has 2 N–H and O–H groups in total. The van der Waals surface area contributed by atoms with Crippen molar-refractivity contribution in [1.29, 1.82) is 0 Å². The fourth-order valence-corrected chi connectivity index (χ4v) is 2.12. The highest BCUT2D eigenvalue weighted by Gasteiger charge is 2.31. The van der Waals surface area contributed by atoms with Gasteiger partial charge in [-0.25, -0.2) is 0 Å².